The highest BCUT2D eigenvalue weighted by Gasteiger charge is 2.12. The lowest BCUT2D eigenvalue weighted by Crippen LogP contribution is -1.87. The predicted octanol–water partition coefficient (Wildman–Crippen LogP) is 3.58. The number of aromatic nitrogens is 2. The van der Waals surface area contributed by atoms with E-state index in [0.717, 1.165) is 32.4 Å². The Labute approximate surface area is 124 Å². The fourth-order valence-electron chi connectivity index (χ4n) is 2.16. The molecule has 2 heterocycles. The van der Waals surface area contributed by atoms with Crippen molar-refractivity contribution in [2.45, 2.75) is 12.8 Å². The smallest absolute Gasteiger partial charge is 0.137 e. The normalized spacial score (nSPS) is 11.1. The van der Waals surface area contributed by atoms with Crippen molar-refractivity contribution in [2.75, 3.05) is 6.61 Å². The molecular formula is C15H13BrN2O2. The molecule has 0 bridgehead atoms. The molecule has 5 heteroatoms. The summed E-state index contributed by atoms with van der Waals surface area (Å²) < 4.78 is 6.31. The number of benzene rings is 1. The van der Waals surface area contributed by atoms with E-state index < -0.39 is 0 Å². The summed E-state index contributed by atoms with van der Waals surface area (Å²) in [6, 6.07) is 9.80. The van der Waals surface area contributed by atoms with Crippen molar-refractivity contribution >= 4 is 26.8 Å². The number of rotatable bonds is 4. The van der Waals surface area contributed by atoms with Gasteiger partial charge < -0.3 is 9.63 Å². The lowest BCUT2D eigenvalue weighted by molar-refractivity contribution is 0.280. The van der Waals surface area contributed by atoms with E-state index in [4.69, 9.17) is 9.63 Å². The molecule has 0 unspecified atom stereocenters. The van der Waals surface area contributed by atoms with Crippen molar-refractivity contribution < 1.29 is 9.63 Å². The first-order valence-corrected chi connectivity index (χ1v) is 7.19. The largest absolute Gasteiger partial charge is 0.396 e. The van der Waals surface area contributed by atoms with E-state index in [1.54, 1.807) is 6.20 Å². The molecule has 0 aliphatic heterocycles. The highest BCUT2D eigenvalue weighted by molar-refractivity contribution is 9.10. The Morgan fingerprint density at radius 1 is 1.25 bits per heavy atom. The molecule has 20 heavy (non-hydrogen) atoms. The van der Waals surface area contributed by atoms with Gasteiger partial charge in [-0.1, -0.05) is 27.2 Å². The van der Waals surface area contributed by atoms with Crippen LogP contribution < -0.4 is 0 Å². The van der Waals surface area contributed by atoms with Gasteiger partial charge in [0.1, 0.15) is 11.5 Å². The van der Waals surface area contributed by atoms with Crippen LogP contribution in [0.25, 0.3) is 22.2 Å². The van der Waals surface area contributed by atoms with E-state index >= 15 is 0 Å². The minimum absolute atomic E-state index is 0.152. The molecule has 1 aromatic carbocycles. The Morgan fingerprint density at radius 2 is 2.15 bits per heavy atom. The highest BCUT2D eigenvalue weighted by Crippen LogP contribution is 2.31. The Hall–Kier alpha value is -1.72. The van der Waals surface area contributed by atoms with Crippen molar-refractivity contribution in [1.29, 1.82) is 0 Å². The number of pyridine rings is 1. The first kappa shape index (κ1) is 13.3. The number of aryl methyl sites for hydroxylation is 1. The van der Waals surface area contributed by atoms with Crippen LogP contribution in [0.5, 0.6) is 0 Å². The summed E-state index contributed by atoms with van der Waals surface area (Å²) in [6.07, 6.45) is 3.13. The Bertz CT molecular complexity index is 740. The molecule has 3 rings (SSSR count). The zero-order chi connectivity index (χ0) is 13.9. The van der Waals surface area contributed by atoms with Crippen LogP contribution in [0.2, 0.25) is 0 Å². The molecular weight excluding hydrogens is 320 g/mol. The van der Waals surface area contributed by atoms with Gasteiger partial charge in [-0.25, -0.2) is 0 Å². The number of fused-ring (bicyclic) bond motifs is 1. The third kappa shape index (κ3) is 2.46. The van der Waals surface area contributed by atoms with Crippen molar-refractivity contribution in [1.82, 2.24) is 10.1 Å². The van der Waals surface area contributed by atoms with Gasteiger partial charge in [-0.2, -0.15) is 0 Å². The maximum Gasteiger partial charge on any atom is 0.137 e. The molecule has 0 saturated carbocycles. The predicted molar refractivity (Wildman–Crippen MR) is 80.3 cm³/mol. The maximum absolute atomic E-state index is 8.85. The van der Waals surface area contributed by atoms with E-state index in [9.17, 15) is 0 Å². The SMILES string of the molecule is OCCCc1cc(-c2ccc(Br)c3cccnc23)no1. The third-order valence-corrected chi connectivity index (χ3v) is 3.82. The summed E-state index contributed by atoms with van der Waals surface area (Å²) >= 11 is 3.53. The van der Waals surface area contributed by atoms with Crippen molar-refractivity contribution in [3.05, 3.63) is 46.8 Å². The summed E-state index contributed by atoms with van der Waals surface area (Å²) in [5.74, 6) is 0.779. The maximum atomic E-state index is 8.85. The van der Waals surface area contributed by atoms with Gasteiger partial charge in [0.2, 0.25) is 0 Å². The molecule has 1 N–H and O–H groups in total. The summed E-state index contributed by atoms with van der Waals surface area (Å²) in [5.41, 5.74) is 2.61. The van der Waals surface area contributed by atoms with Gasteiger partial charge in [-0.3, -0.25) is 4.98 Å². The molecule has 3 aromatic rings. The molecule has 0 aliphatic carbocycles. The van der Waals surface area contributed by atoms with E-state index in [1.165, 1.54) is 0 Å². The fourth-order valence-corrected chi connectivity index (χ4v) is 2.61. The molecule has 0 amide bonds. The first-order valence-electron chi connectivity index (χ1n) is 6.39. The lowest BCUT2D eigenvalue weighted by Gasteiger charge is -2.04. The summed E-state index contributed by atoms with van der Waals surface area (Å²) in [7, 11) is 0. The fraction of sp³-hybridized carbons (Fsp3) is 0.200. The van der Waals surface area contributed by atoms with Crippen LogP contribution in [-0.2, 0) is 6.42 Å². The van der Waals surface area contributed by atoms with Gasteiger partial charge in [-0.15, -0.1) is 0 Å². The Kier molecular flexibility index (Phi) is 3.80. The molecule has 4 nitrogen and oxygen atoms in total. The highest BCUT2D eigenvalue weighted by atomic mass is 79.9. The molecule has 0 atom stereocenters. The number of nitrogens with zero attached hydrogens (tertiary/aromatic N) is 2. The molecule has 0 spiro atoms. The Morgan fingerprint density at radius 3 is 3.00 bits per heavy atom. The average Bonchev–Trinajstić information content (AvgIpc) is 2.94. The number of halogens is 1. The zero-order valence-electron chi connectivity index (χ0n) is 10.7. The van der Waals surface area contributed by atoms with Crippen LogP contribution >= 0.6 is 15.9 Å². The van der Waals surface area contributed by atoms with Crippen molar-refractivity contribution in [2.24, 2.45) is 0 Å². The van der Waals surface area contributed by atoms with Crippen LogP contribution in [0.1, 0.15) is 12.2 Å². The second-order valence-corrected chi connectivity index (χ2v) is 5.35. The second kappa shape index (κ2) is 5.73. The first-order chi connectivity index (χ1) is 9.79. The van der Waals surface area contributed by atoms with Crippen LogP contribution in [0, 0.1) is 0 Å². The van der Waals surface area contributed by atoms with Crippen LogP contribution in [0.4, 0.5) is 0 Å². The Balaban J connectivity index is 2.06. The molecule has 0 radical (unpaired) electrons. The molecule has 0 aliphatic rings. The van der Waals surface area contributed by atoms with Crippen molar-refractivity contribution in [3.8, 4) is 11.3 Å². The minimum Gasteiger partial charge on any atom is -0.396 e. The van der Waals surface area contributed by atoms with Crippen molar-refractivity contribution in [3.63, 3.8) is 0 Å². The zero-order valence-corrected chi connectivity index (χ0v) is 12.3. The summed E-state index contributed by atoms with van der Waals surface area (Å²) in [4.78, 5) is 4.44. The molecule has 0 fully saturated rings. The number of hydrogen-bond acceptors (Lipinski definition) is 4. The topological polar surface area (TPSA) is 59.2 Å². The van der Waals surface area contributed by atoms with Crippen LogP contribution in [0.15, 0.2) is 45.5 Å². The number of aliphatic hydroxyl groups is 1. The second-order valence-electron chi connectivity index (χ2n) is 4.50. The van der Waals surface area contributed by atoms with Gasteiger partial charge in [0.25, 0.3) is 0 Å². The lowest BCUT2D eigenvalue weighted by atomic mass is 10.1. The van der Waals surface area contributed by atoms with E-state index in [2.05, 4.69) is 26.1 Å². The monoisotopic (exact) mass is 332 g/mol. The minimum atomic E-state index is 0.152. The van der Waals surface area contributed by atoms with Gasteiger partial charge >= 0.3 is 0 Å². The number of hydrogen-bond donors (Lipinski definition) is 1. The van der Waals surface area contributed by atoms with E-state index in [1.807, 2.05) is 30.3 Å². The summed E-state index contributed by atoms with van der Waals surface area (Å²) in [6.45, 7) is 0.152. The molecule has 0 saturated heterocycles. The third-order valence-electron chi connectivity index (χ3n) is 3.13. The van der Waals surface area contributed by atoms with Gasteiger partial charge in [-0.05, 0) is 24.6 Å². The van der Waals surface area contributed by atoms with Crippen LogP contribution in [0.3, 0.4) is 0 Å². The van der Waals surface area contributed by atoms with E-state index in [-0.39, 0.29) is 6.61 Å². The quantitative estimate of drug-likeness (QED) is 0.793. The van der Waals surface area contributed by atoms with Gasteiger partial charge in [0.15, 0.2) is 0 Å². The van der Waals surface area contributed by atoms with Crippen LogP contribution in [-0.4, -0.2) is 21.9 Å². The molecule has 102 valence electrons. The average molecular weight is 333 g/mol. The number of aliphatic hydroxyl groups excluding tert-OH is 1. The molecule has 2 aromatic heterocycles. The summed E-state index contributed by atoms with van der Waals surface area (Å²) in [5, 5.41) is 14.0. The van der Waals surface area contributed by atoms with Gasteiger partial charge in [0, 0.05) is 40.7 Å². The standard InChI is InChI=1S/C15H13BrN2O2/c16-13-6-5-12(15-11(13)4-1-7-17-15)14-9-10(20-18-14)3-2-8-19/h1,4-7,9,19H,2-3,8H2. The van der Waals surface area contributed by atoms with Gasteiger partial charge in [0.05, 0.1) is 5.52 Å². The van der Waals surface area contributed by atoms with E-state index in [0.29, 0.717) is 12.8 Å².